The fourth-order valence-electron chi connectivity index (χ4n) is 2.90. The lowest BCUT2D eigenvalue weighted by molar-refractivity contribution is 0.0124. The number of halogens is 2. The first-order valence-electron chi connectivity index (χ1n) is 6.68. The molecule has 1 aliphatic rings. The molecule has 1 atom stereocenters. The molecule has 0 aromatic heterocycles. The summed E-state index contributed by atoms with van der Waals surface area (Å²) in [4.78, 5) is 0. The van der Waals surface area contributed by atoms with E-state index in [4.69, 9.17) is 0 Å². The zero-order valence-electron chi connectivity index (χ0n) is 11.4. The monoisotopic (exact) mass is 380 g/mol. The van der Waals surface area contributed by atoms with Crippen LogP contribution in [0.2, 0.25) is 0 Å². The van der Waals surface area contributed by atoms with Crippen molar-refractivity contribution in [3.05, 3.63) is 34.1 Å². The first kappa shape index (κ1) is 16.9. The third-order valence-corrected chi connectivity index (χ3v) is 6.64. The Balaban J connectivity index is 2.27. The third kappa shape index (κ3) is 3.64. The van der Waals surface area contributed by atoms with Crippen molar-refractivity contribution in [1.29, 1.82) is 0 Å². The van der Waals surface area contributed by atoms with Gasteiger partial charge in [0.25, 0.3) is 0 Å². The topological polar surface area (TPSA) is 74.6 Å². The van der Waals surface area contributed by atoms with Crippen molar-refractivity contribution in [2.75, 3.05) is 24.7 Å². The van der Waals surface area contributed by atoms with Gasteiger partial charge in [-0.3, -0.25) is 0 Å². The molecule has 1 fully saturated rings. The van der Waals surface area contributed by atoms with Gasteiger partial charge in [-0.15, -0.1) is 0 Å². The predicted octanol–water partition coefficient (Wildman–Crippen LogP) is 1.54. The van der Waals surface area contributed by atoms with Crippen molar-refractivity contribution < 1.29 is 23.0 Å². The maximum Gasteiger partial charge on any atom is 0.150 e. The van der Waals surface area contributed by atoms with Gasteiger partial charge in [0.05, 0.1) is 29.2 Å². The molecule has 1 saturated heterocycles. The van der Waals surface area contributed by atoms with Gasteiger partial charge in [-0.2, -0.15) is 0 Å². The van der Waals surface area contributed by atoms with Crippen LogP contribution in [0.5, 0.6) is 0 Å². The lowest BCUT2D eigenvalue weighted by Gasteiger charge is -2.35. The molecular formula is C14H18BrFO4S. The van der Waals surface area contributed by atoms with E-state index in [1.165, 1.54) is 6.07 Å². The Morgan fingerprint density at radius 3 is 2.48 bits per heavy atom. The molecule has 4 nitrogen and oxygen atoms in total. The summed E-state index contributed by atoms with van der Waals surface area (Å²) in [5, 5.41) is 19.5. The largest absolute Gasteiger partial charge is 0.396 e. The van der Waals surface area contributed by atoms with Crippen molar-refractivity contribution in [2.45, 2.75) is 12.8 Å². The summed E-state index contributed by atoms with van der Waals surface area (Å²) in [7, 11) is -3.10. The van der Waals surface area contributed by atoms with Gasteiger partial charge in [-0.05, 0) is 52.4 Å². The maximum atomic E-state index is 13.3. The molecule has 0 radical (unpaired) electrons. The highest BCUT2D eigenvalue weighted by Crippen LogP contribution is 2.39. The summed E-state index contributed by atoms with van der Waals surface area (Å²) in [6.07, 6.45) is 0.741. The van der Waals surface area contributed by atoms with Crippen LogP contribution in [-0.2, 0) is 16.3 Å². The fraction of sp³-hybridized carbons (Fsp3) is 0.571. The molecule has 2 N–H and O–H groups in total. The van der Waals surface area contributed by atoms with Crippen LogP contribution in [0.15, 0.2) is 22.7 Å². The van der Waals surface area contributed by atoms with Crippen LogP contribution in [0.1, 0.15) is 12.0 Å². The smallest absolute Gasteiger partial charge is 0.150 e. The molecule has 21 heavy (non-hydrogen) atoms. The molecule has 118 valence electrons. The molecule has 2 rings (SSSR count). The number of hydrogen-bond donors (Lipinski definition) is 2. The van der Waals surface area contributed by atoms with Crippen LogP contribution in [0, 0.1) is 17.2 Å². The first-order valence-corrected chi connectivity index (χ1v) is 9.29. The van der Waals surface area contributed by atoms with E-state index in [-0.39, 0.29) is 36.5 Å². The Hall–Kier alpha value is -0.500. The minimum Gasteiger partial charge on any atom is -0.396 e. The number of hydrogen-bond acceptors (Lipinski definition) is 4. The summed E-state index contributed by atoms with van der Waals surface area (Å²) in [6, 6.07) is 4.49. The van der Waals surface area contributed by atoms with Crippen molar-refractivity contribution in [1.82, 2.24) is 0 Å². The molecule has 0 amide bonds. The molecule has 1 unspecified atom stereocenters. The standard InChI is InChI=1S/C14H18BrFO4S/c15-12-5-10(1-2-13(12)16)6-14(8-17,9-18)11-3-4-21(19,20)7-11/h1-2,5,11,17-18H,3-4,6-9H2. The Labute approximate surface area is 132 Å². The number of sulfone groups is 1. The molecule has 1 heterocycles. The average Bonchev–Trinajstić information content (AvgIpc) is 2.81. The van der Waals surface area contributed by atoms with Gasteiger partial charge in [-0.1, -0.05) is 6.07 Å². The second kappa shape index (κ2) is 6.32. The normalized spacial score (nSPS) is 21.6. The average molecular weight is 381 g/mol. The van der Waals surface area contributed by atoms with Gasteiger partial charge < -0.3 is 10.2 Å². The van der Waals surface area contributed by atoms with E-state index in [1.807, 2.05) is 0 Å². The molecule has 1 aromatic rings. The van der Waals surface area contributed by atoms with Crippen LogP contribution in [0.4, 0.5) is 4.39 Å². The first-order chi connectivity index (χ1) is 9.82. The highest BCUT2D eigenvalue weighted by Gasteiger charge is 2.44. The van der Waals surface area contributed by atoms with Crippen LogP contribution < -0.4 is 0 Å². The predicted molar refractivity (Wildman–Crippen MR) is 81.2 cm³/mol. The van der Waals surface area contributed by atoms with Gasteiger partial charge in [0.15, 0.2) is 9.84 Å². The van der Waals surface area contributed by atoms with Gasteiger partial charge >= 0.3 is 0 Å². The summed E-state index contributed by atoms with van der Waals surface area (Å²) >= 11 is 3.10. The molecule has 0 saturated carbocycles. The van der Waals surface area contributed by atoms with Crippen molar-refractivity contribution in [2.24, 2.45) is 11.3 Å². The second-order valence-electron chi connectivity index (χ2n) is 5.70. The quantitative estimate of drug-likeness (QED) is 0.812. The van der Waals surface area contributed by atoms with Crippen LogP contribution in [0.25, 0.3) is 0 Å². The minimum atomic E-state index is -3.10. The summed E-state index contributed by atoms with van der Waals surface area (Å²) in [6.45, 7) is -0.614. The third-order valence-electron chi connectivity index (χ3n) is 4.27. The highest BCUT2D eigenvalue weighted by atomic mass is 79.9. The lowest BCUT2D eigenvalue weighted by atomic mass is 9.72. The highest BCUT2D eigenvalue weighted by molar-refractivity contribution is 9.10. The van der Waals surface area contributed by atoms with Gasteiger partial charge in [-0.25, -0.2) is 12.8 Å². The Kier molecular flexibility index (Phi) is 5.07. The van der Waals surface area contributed by atoms with Crippen LogP contribution in [-0.4, -0.2) is 43.4 Å². The van der Waals surface area contributed by atoms with E-state index in [2.05, 4.69) is 15.9 Å². The molecule has 0 spiro atoms. The Morgan fingerprint density at radius 1 is 1.33 bits per heavy atom. The molecule has 7 heteroatoms. The number of rotatable bonds is 5. The molecule has 1 aliphatic heterocycles. The van der Waals surface area contributed by atoms with E-state index in [0.29, 0.717) is 17.3 Å². The van der Waals surface area contributed by atoms with Crippen LogP contribution >= 0.6 is 15.9 Å². The zero-order chi connectivity index (χ0) is 15.7. The van der Waals surface area contributed by atoms with E-state index in [0.717, 1.165) is 5.56 Å². The fourth-order valence-corrected chi connectivity index (χ4v) is 5.27. The van der Waals surface area contributed by atoms with Gasteiger partial charge in [0.1, 0.15) is 5.82 Å². The van der Waals surface area contributed by atoms with Crippen molar-refractivity contribution in [3.63, 3.8) is 0 Å². The lowest BCUT2D eigenvalue weighted by Crippen LogP contribution is -2.41. The Bertz CT molecular complexity index is 613. The van der Waals surface area contributed by atoms with E-state index in [1.54, 1.807) is 12.1 Å². The summed E-state index contributed by atoms with van der Waals surface area (Å²) in [5.41, 5.74) is -0.156. The SMILES string of the molecule is O=S1(=O)CCC(C(CO)(CO)Cc2ccc(F)c(Br)c2)C1. The minimum absolute atomic E-state index is 0.0174. The second-order valence-corrected chi connectivity index (χ2v) is 8.79. The Morgan fingerprint density at radius 2 is 2.00 bits per heavy atom. The molecular weight excluding hydrogens is 363 g/mol. The maximum absolute atomic E-state index is 13.3. The van der Waals surface area contributed by atoms with Crippen molar-refractivity contribution in [3.8, 4) is 0 Å². The summed E-state index contributed by atoms with van der Waals surface area (Å²) < 4.78 is 36.9. The van der Waals surface area contributed by atoms with E-state index >= 15 is 0 Å². The molecule has 0 bridgehead atoms. The number of aliphatic hydroxyl groups excluding tert-OH is 2. The molecule has 0 aliphatic carbocycles. The summed E-state index contributed by atoms with van der Waals surface area (Å²) in [5.74, 6) is -0.606. The van der Waals surface area contributed by atoms with Crippen molar-refractivity contribution >= 4 is 25.8 Å². The van der Waals surface area contributed by atoms with E-state index in [9.17, 15) is 23.0 Å². The van der Waals surface area contributed by atoms with Crippen LogP contribution in [0.3, 0.4) is 0 Å². The van der Waals surface area contributed by atoms with Gasteiger partial charge in [0.2, 0.25) is 0 Å². The number of benzene rings is 1. The van der Waals surface area contributed by atoms with Gasteiger partial charge in [0, 0.05) is 5.41 Å². The zero-order valence-corrected chi connectivity index (χ0v) is 13.8. The number of aliphatic hydroxyl groups is 2. The molecule has 1 aromatic carbocycles. The van der Waals surface area contributed by atoms with E-state index < -0.39 is 15.3 Å².